The van der Waals surface area contributed by atoms with Crippen LogP contribution in [0, 0.1) is 0 Å². The lowest BCUT2D eigenvalue weighted by Crippen LogP contribution is -2.29. The summed E-state index contributed by atoms with van der Waals surface area (Å²) in [6.45, 7) is 11.9. The van der Waals surface area contributed by atoms with Crippen molar-refractivity contribution in [2.45, 2.75) is 52.6 Å². The fourth-order valence-corrected chi connectivity index (χ4v) is 1.53. The summed E-state index contributed by atoms with van der Waals surface area (Å²) >= 11 is 0. The van der Waals surface area contributed by atoms with Gasteiger partial charge in [-0.3, -0.25) is 0 Å². The van der Waals surface area contributed by atoms with Crippen LogP contribution in [0.15, 0.2) is 29.4 Å². The molecule has 0 fully saturated rings. The van der Waals surface area contributed by atoms with Crippen molar-refractivity contribution in [2.75, 3.05) is 0 Å². The second-order valence-corrected chi connectivity index (χ2v) is 6.74. The van der Waals surface area contributed by atoms with E-state index in [0.29, 0.717) is 0 Å². The van der Waals surface area contributed by atoms with Crippen LogP contribution in [0.2, 0.25) is 0 Å². The molecule has 0 aliphatic heterocycles. The van der Waals surface area contributed by atoms with Gasteiger partial charge in [0.05, 0.1) is 6.21 Å². The van der Waals surface area contributed by atoms with Crippen LogP contribution in [0.25, 0.3) is 0 Å². The average molecular weight is 276 g/mol. The molecule has 1 N–H and O–H groups in total. The first-order valence-corrected chi connectivity index (χ1v) is 6.70. The molecule has 0 radical (unpaired) electrons. The Labute approximate surface area is 121 Å². The van der Waals surface area contributed by atoms with Crippen LogP contribution in [0.5, 0.6) is 0 Å². The summed E-state index contributed by atoms with van der Waals surface area (Å²) in [5.74, 6) is 0. The van der Waals surface area contributed by atoms with Crippen LogP contribution in [0.3, 0.4) is 0 Å². The van der Waals surface area contributed by atoms with E-state index in [1.54, 1.807) is 6.21 Å². The highest BCUT2D eigenvalue weighted by atomic mass is 16.6. The number of nitrogens with zero attached hydrogens (tertiary/aromatic N) is 1. The van der Waals surface area contributed by atoms with E-state index in [4.69, 9.17) is 4.74 Å². The van der Waals surface area contributed by atoms with Crippen molar-refractivity contribution >= 4 is 12.3 Å². The molecule has 1 amide bonds. The number of hydrogen-bond acceptors (Lipinski definition) is 3. The van der Waals surface area contributed by atoms with Gasteiger partial charge in [-0.05, 0) is 37.3 Å². The van der Waals surface area contributed by atoms with E-state index < -0.39 is 11.7 Å². The van der Waals surface area contributed by atoms with Crippen LogP contribution in [0.1, 0.15) is 52.7 Å². The summed E-state index contributed by atoms with van der Waals surface area (Å²) in [5.41, 5.74) is 4.13. The highest BCUT2D eigenvalue weighted by molar-refractivity contribution is 5.80. The molecule has 4 heteroatoms. The van der Waals surface area contributed by atoms with Crippen LogP contribution in [0.4, 0.5) is 4.79 Å². The molecule has 0 bridgehead atoms. The van der Waals surface area contributed by atoms with Crippen LogP contribution < -0.4 is 5.43 Å². The van der Waals surface area contributed by atoms with Crippen molar-refractivity contribution in [1.29, 1.82) is 0 Å². The molecule has 0 unspecified atom stereocenters. The van der Waals surface area contributed by atoms with Gasteiger partial charge >= 0.3 is 6.09 Å². The Kier molecular flexibility index (Phi) is 4.93. The molecule has 0 aliphatic rings. The molecule has 0 saturated carbocycles. The zero-order valence-corrected chi connectivity index (χ0v) is 13.2. The number of rotatable bonds is 2. The van der Waals surface area contributed by atoms with Gasteiger partial charge < -0.3 is 4.74 Å². The molecule has 0 aromatic heterocycles. The van der Waals surface area contributed by atoms with Gasteiger partial charge in [-0.15, -0.1) is 0 Å². The Morgan fingerprint density at radius 3 is 2.10 bits per heavy atom. The third kappa shape index (κ3) is 5.87. The molecule has 0 atom stereocenters. The largest absolute Gasteiger partial charge is 0.443 e. The molecule has 0 heterocycles. The maximum Gasteiger partial charge on any atom is 0.428 e. The van der Waals surface area contributed by atoms with E-state index in [-0.39, 0.29) is 5.41 Å². The van der Waals surface area contributed by atoms with Crippen molar-refractivity contribution in [2.24, 2.45) is 5.10 Å². The Bertz CT molecular complexity index is 477. The van der Waals surface area contributed by atoms with Crippen molar-refractivity contribution in [3.63, 3.8) is 0 Å². The predicted molar refractivity (Wildman–Crippen MR) is 82.1 cm³/mol. The quantitative estimate of drug-likeness (QED) is 0.659. The Morgan fingerprint density at radius 2 is 1.65 bits per heavy atom. The topological polar surface area (TPSA) is 50.7 Å². The van der Waals surface area contributed by atoms with Gasteiger partial charge in [-0.1, -0.05) is 45.0 Å². The molecule has 1 rings (SSSR count). The summed E-state index contributed by atoms with van der Waals surface area (Å²) in [5, 5.41) is 3.87. The minimum absolute atomic E-state index is 0.129. The zero-order valence-electron chi connectivity index (χ0n) is 13.2. The molecular formula is C16H24N2O2. The van der Waals surface area contributed by atoms with Gasteiger partial charge in [0.1, 0.15) is 5.60 Å². The summed E-state index contributed by atoms with van der Waals surface area (Å²) in [6.07, 6.45) is 1.04. The lowest BCUT2D eigenvalue weighted by molar-refractivity contribution is 0.0529. The number of amides is 1. The maximum absolute atomic E-state index is 11.4. The van der Waals surface area contributed by atoms with E-state index in [1.165, 1.54) is 5.56 Å². The Balaban J connectivity index is 2.57. The highest BCUT2D eigenvalue weighted by Gasteiger charge is 2.15. The third-order valence-electron chi connectivity index (χ3n) is 2.55. The van der Waals surface area contributed by atoms with Crippen LogP contribution >= 0.6 is 0 Å². The van der Waals surface area contributed by atoms with Crippen LogP contribution in [-0.2, 0) is 10.2 Å². The summed E-state index contributed by atoms with van der Waals surface area (Å²) in [7, 11) is 0. The fraction of sp³-hybridized carbons (Fsp3) is 0.500. The Hall–Kier alpha value is -1.84. The molecule has 110 valence electrons. The molecule has 4 nitrogen and oxygen atoms in total. The molecule has 1 aromatic rings. The van der Waals surface area contributed by atoms with E-state index in [9.17, 15) is 4.79 Å². The molecule has 1 aromatic carbocycles. The molecule has 0 aliphatic carbocycles. The first-order valence-electron chi connectivity index (χ1n) is 6.70. The van der Waals surface area contributed by atoms with E-state index >= 15 is 0 Å². The molecule has 0 spiro atoms. The number of hydrogen-bond donors (Lipinski definition) is 1. The first kappa shape index (κ1) is 16.2. The van der Waals surface area contributed by atoms with Gasteiger partial charge in [-0.2, -0.15) is 5.10 Å². The van der Waals surface area contributed by atoms with Crippen molar-refractivity contribution in [1.82, 2.24) is 5.43 Å². The summed E-state index contributed by atoms with van der Waals surface area (Å²) in [6, 6.07) is 8.07. The third-order valence-corrected chi connectivity index (χ3v) is 2.55. The zero-order chi connectivity index (χ0) is 15.4. The normalized spacial score (nSPS) is 12.5. The summed E-state index contributed by atoms with van der Waals surface area (Å²) < 4.78 is 5.08. The van der Waals surface area contributed by atoms with Gasteiger partial charge in [0, 0.05) is 0 Å². The van der Waals surface area contributed by atoms with Gasteiger partial charge in [0.2, 0.25) is 0 Å². The second-order valence-electron chi connectivity index (χ2n) is 6.74. The number of carbonyl (C=O) groups excluding carboxylic acids is 1. The minimum Gasteiger partial charge on any atom is -0.443 e. The Morgan fingerprint density at radius 1 is 1.10 bits per heavy atom. The molecule has 20 heavy (non-hydrogen) atoms. The maximum atomic E-state index is 11.4. The number of nitrogens with one attached hydrogen (secondary N) is 1. The second kappa shape index (κ2) is 6.07. The molecule has 0 saturated heterocycles. The lowest BCUT2D eigenvalue weighted by atomic mass is 9.87. The van der Waals surface area contributed by atoms with Gasteiger partial charge in [-0.25, -0.2) is 10.2 Å². The SMILES string of the molecule is CC(C)(C)OC(=O)NN=Cc1ccc(C(C)(C)C)cc1. The standard InChI is InChI=1S/C16H24N2O2/c1-15(2,3)13-9-7-12(8-10-13)11-17-18-14(19)20-16(4,5)6/h7-11H,1-6H3,(H,18,19). The van der Waals surface area contributed by atoms with E-state index in [2.05, 4.69) is 43.4 Å². The van der Waals surface area contributed by atoms with Crippen molar-refractivity contribution in [3.8, 4) is 0 Å². The lowest BCUT2D eigenvalue weighted by Gasteiger charge is -2.19. The van der Waals surface area contributed by atoms with Gasteiger partial charge in [0.15, 0.2) is 0 Å². The highest BCUT2D eigenvalue weighted by Crippen LogP contribution is 2.21. The summed E-state index contributed by atoms with van der Waals surface area (Å²) in [4.78, 5) is 11.4. The van der Waals surface area contributed by atoms with E-state index in [0.717, 1.165) is 5.56 Å². The molecular weight excluding hydrogens is 252 g/mol. The number of ether oxygens (including phenoxy) is 1. The predicted octanol–water partition coefficient (Wildman–Crippen LogP) is 3.84. The number of hydrazone groups is 1. The average Bonchev–Trinajstić information content (AvgIpc) is 2.26. The fourth-order valence-electron chi connectivity index (χ4n) is 1.53. The van der Waals surface area contributed by atoms with Crippen molar-refractivity contribution < 1.29 is 9.53 Å². The number of benzene rings is 1. The smallest absolute Gasteiger partial charge is 0.428 e. The first-order chi connectivity index (χ1) is 9.08. The van der Waals surface area contributed by atoms with Crippen LogP contribution in [-0.4, -0.2) is 17.9 Å². The van der Waals surface area contributed by atoms with E-state index in [1.807, 2.05) is 32.9 Å². The number of carbonyl (C=O) groups is 1. The monoisotopic (exact) mass is 276 g/mol. The minimum atomic E-state index is -0.555. The van der Waals surface area contributed by atoms with Crippen molar-refractivity contribution in [3.05, 3.63) is 35.4 Å². The van der Waals surface area contributed by atoms with Gasteiger partial charge in [0.25, 0.3) is 0 Å².